The molecule has 3 aromatic rings. The molecule has 2 aliphatic heterocycles. The van der Waals surface area contributed by atoms with Crippen LogP contribution in [0, 0.1) is 5.92 Å². The molecule has 0 N–H and O–H groups in total. The molecule has 2 atom stereocenters. The average molecular weight is 459 g/mol. The Labute approximate surface area is 199 Å². The second-order valence-electron chi connectivity index (χ2n) is 9.41. The number of piperidine rings is 2. The van der Waals surface area contributed by atoms with Crippen LogP contribution < -0.4 is 5.56 Å². The van der Waals surface area contributed by atoms with Crippen molar-refractivity contribution >= 4 is 22.6 Å². The molecule has 2 saturated heterocycles. The van der Waals surface area contributed by atoms with Crippen LogP contribution in [0.2, 0.25) is 0 Å². The highest BCUT2D eigenvalue weighted by atomic mass is 16.2. The third-order valence-electron chi connectivity index (χ3n) is 7.31. The number of amides is 2. The van der Waals surface area contributed by atoms with Gasteiger partial charge in [0, 0.05) is 44.5 Å². The minimum Gasteiger partial charge on any atom is -0.342 e. The first-order valence-corrected chi connectivity index (χ1v) is 12.1. The first-order chi connectivity index (χ1) is 16.5. The molecule has 7 nitrogen and oxygen atoms in total. The Bertz CT molecular complexity index is 1270. The minimum absolute atomic E-state index is 0.0946. The number of fused-ring (bicyclic) bond motifs is 2. The highest BCUT2D eigenvalue weighted by molar-refractivity contribution is 6.05. The highest BCUT2D eigenvalue weighted by Gasteiger charge is 2.40. The topological polar surface area (TPSA) is 75.5 Å². The Hall–Kier alpha value is -3.48. The number of likely N-dealkylation sites (tertiary alicyclic amines) is 2. The number of carbonyl (C=O) groups is 2. The van der Waals surface area contributed by atoms with Crippen molar-refractivity contribution in [1.82, 2.24) is 19.6 Å². The monoisotopic (exact) mass is 458 g/mol. The summed E-state index contributed by atoms with van der Waals surface area (Å²) in [7, 11) is 1.59. The van der Waals surface area contributed by atoms with Gasteiger partial charge in [-0.3, -0.25) is 14.4 Å². The van der Waals surface area contributed by atoms with Crippen LogP contribution in [0.25, 0.3) is 10.8 Å². The quantitative estimate of drug-likeness (QED) is 0.602. The van der Waals surface area contributed by atoms with Crippen molar-refractivity contribution in [2.24, 2.45) is 13.0 Å². The Morgan fingerprint density at radius 3 is 2.50 bits per heavy atom. The number of carbonyl (C=O) groups excluding carboxylic acids is 2. The maximum atomic E-state index is 13.7. The third-order valence-corrected chi connectivity index (χ3v) is 7.31. The largest absolute Gasteiger partial charge is 0.342 e. The lowest BCUT2D eigenvalue weighted by Crippen LogP contribution is -2.56. The average Bonchev–Trinajstić information content (AvgIpc) is 2.89. The van der Waals surface area contributed by atoms with Gasteiger partial charge in [0.25, 0.3) is 11.5 Å². The van der Waals surface area contributed by atoms with Gasteiger partial charge in [0.05, 0.1) is 5.39 Å². The van der Waals surface area contributed by atoms with Gasteiger partial charge in [-0.25, -0.2) is 4.68 Å². The fourth-order valence-corrected chi connectivity index (χ4v) is 5.53. The molecule has 2 aliphatic rings. The van der Waals surface area contributed by atoms with E-state index in [1.165, 1.54) is 10.2 Å². The molecule has 2 amide bonds. The van der Waals surface area contributed by atoms with E-state index in [0.29, 0.717) is 42.5 Å². The summed E-state index contributed by atoms with van der Waals surface area (Å²) in [5, 5.41) is 5.47. The highest BCUT2D eigenvalue weighted by Crippen LogP contribution is 2.32. The Morgan fingerprint density at radius 2 is 1.71 bits per heavy atom. The normalized spacial score (nSPS) is 20.3. The summed E-state index contributed by atoms with van der Waals surface area (Å²) < 4.78 is 1.25. The summed E-state index contributed by atoms with van der Waals surface area (Å²) in [6.45, 7) is 2.05. The van der Waals surface area contributed by atoms with Crippen LogP contribution in [-0.4, -0.2) is 57.1 Å². The van der Waals surface area contributed by atoms with Gasteiger partial charge in [0.1, 0.15) is 0 Å². The molecule has 7 heteroatoms. The predicted octanol–water partition coefficient (Wildman–Crippen LogP) is 3.02. The molecule has 176 valence electrons. The lowest BCUT2D eigenvalue weighted by Gasteiger charge is -2.47. The molecule has 5 rings (SSSR count). The van der Waals surface area contributed by atoms with Gasteiger partial charge in [0.15, 0.2) is 5.69 Å². The number of hydrogen-bond donors (Lipinski definition) is 0. The maximum absolute atomic E-state index is 13.7. The fraction of sp³-hybridized carbons (Fsp3) is 0.407. The van der Waals surface area contributed by atoms with Crippen LogP contribution in [0.1, 0.15) is 41.7 Å². The summed E-state index contributed by atoms with van der Waals surface area (Å²) >= 11 is 0. The molecule has 0 radical (unpaired) electrons. The van der Waals surface area contributed by atoms with Crippen molar-refractivity contribution in [2.75, 3.05) is 19.6 Å². The van der Waals surface area contributed by atoms with E-state index < -0.39 is 0 Å². The molecule has 1 aromatic heterocycles. The number of benzene rings is 2. The number of aryl methyl sites for hydroxylation is 2. The van der Waals surface area contributed by atoms with Crippen molar-refractivity contribution in [2.45, 2.75) is 38.1 Å². The van der Waals surface area contributed by atoms with Gasteiger partial charge in [-0.05, 0) is 43.2 Å². The van der Waals surface area contributed by atoms with Gasteiger partial charge in [-0.15, -0.1) is 0 Å². The standard InChI is InChI=1S/C27H30N4O3/c1-29-26(33)22-12-6-5-11-21(22)25(28-29)27(34)31-16-7-10-20-18-30(17-15-23(20)31)24(32)14-13-19-8-3-2-4-9-19/h2-6,8-9,11-12,20,23H,7,10,13-18H2,1H3/t20-,23-/m1/s1. The second kappa shape index (κ2) is 9.41. The van der Waals surface area contributed by atoms with Gasteiger partial charge >= 0.3 is 0 Å². The summed E-state index contributed by atoms with van der Waals surface area (Å²) in [5.74, 6) is 0.341. The number of aromatic nitrogens is 2. The zero-order valence-electron chi connectivity index (χ0n) is 19.5. The first kappa shape index (κ1) is 22.3. The van der Waals surface area contributed by atoms with Gasteiger partial charge in [0.2, 0.25) is 5.91 Å². The second-order valence-corrected chi connectivity index (χ2v) is 9.41. The van der Waals surface area contributed by atoms with E-state index in [1.807, 2.05) is 34.1 Å². The van der Waals surface area contributed by atoms with E-state index in [-0.39, 0.29) is 29.3 Å². The zero-order chi connectivity index (χ0) is 23.7. The molecule has 0 aliphatic carbocycles. The molecule has 0 saturated carbocycles. The van der Waals surface area contributed by atoms with E-state index >= 15 is 0 Å². The fourth-order valence-electron chi connectivity index (χ4n) is 5.53. The SMILES string of the molecule is Cn1nc(C(=O)N2CCC[C@@H]3CN(C(=O)CCc4ccccc4)CC[C@H]32)c2ccccc2c1=O. The Balaban J connectivity index is 1.31. The van der Waals surface area contributed by atoms with Crippen molar-refractivity contribution < 1.29 is 9.59 Å². The van der Waals surface area contributed by atoms with Crippen molar-refractivity contribution in [3.63, 3.8) is 0 Å². The Morgan fingerprint density at radius 1 is 0.971 bits per heavy atom. The van der Waals surface area contributed by atoms with Crippen molar-refractivity contribution in [3.05, 3.63) is 76.2 Å². The maximum Gasteiger partial charge on any atom is 0.275 e. The van der Waals surface area contributed by atoms with E-state index in [0.717, 1.165) is 25.7 Å². The predicted molar refractivity (Wildman–Crippen MR) is 130 cm³/mol. The Kier molecular flexibility index (Phi) is 6.18. The molecule has 34 heavy (non-hydrogen) atoms. The van der Waals surface area contributed by atoms with E-state index in [2.05, 4.69) is 17.2 Å². The summed E-state index contributed by atoms with van der Waals surface area (Å²) in [4.78, 5) is 43.0. The summed E-state index contributed by atoms with van der Waals surface area (Å²) in [5.41, 5.74) is 1.31. The van der Waals surface area contributed by atoms with Gasteiger partial charge in [-0.1, -0.05) is 48.5 Å². The first-order valence-electron chi connectivity index (χ1n) is 12.1. The van der Waals surface area contributed by atoms with Crippen LogP contribution in [0.5, 0.6) is 0 Å². The molecule has 2 aromatic carbocycles. The van der Waals surface area contributed by atoms with Gasteiger partial charge < -0.3 is 9.80 Å². The van der Waals surface area contributed by atoms with Crippen LogP contribution in [0.4, 0.5) is 0 Å². The lowest BCUT2D eigenvalue weighted by atomic mass is 9.83. The molecule has 0 unspecified atom stereocenters. The number of hydrogen-bond acceptors (Lipinski definition) is 4. The zero-order valence-corrected chi connectivity index (χ0v) is 19.5. The van der Waals surface area contributed by atoms with E-state index in [1.54, 1.807) is 25.2 Å². The van der Waals surface area contributed by atoms with Crippen LogP contribution in [0.15, 0.2) is 59.4 Å². The van der Waals surface area contributed by atoms with E-state index in [9.17, 15) is 14.4 Å². The van der Waals surface area contributed by atoms with Crippen molar-refractivity contribution in [1.29, 1.82) is 0 Å². The van der Waals surface area contributed by atoms with Crippen molar-refractivity contribution in [3.8, 4) is 0 Å². The molecular weight excluding hydrogens is 428 g/mol. The molecule has 2 fully saturated rings. The summed E-state index contributed by atoms with van der Waals surface area (Å²) in [6, 6.07) is 17.4. The smallest absolute Gasteiger partial charge is 0.275 e. The van der Waals surface area contributed by atoms with Crippen LogP contribution in [-0.2, 0) is 18.3 Å². The van der Waals surface area contributed by atoms with Crippen LogP contribution in [0.3, 0.4) is 0 Å². The number of rotatable bonds is 4. The molecular formula is C27H30N4O3. The lowest BCUT2D eigenvalue weighted by molar-refractivity contribution is -0.134. The van der Waals surface area contributed by atoms with E-state index in [4.69, 9.17) is 0 Å². The van der Waals surface area contributed by atoms with Gasteiger partial charge in [-0.2, -0.15) is 5.10 Å². The molecule has 0 spiro atoms. The van der Waals surface area contributed by atoms with Crippen LogP contribution >= 0.6 is 0 Å². The summed E-state index contributed by atoms with van der Waals surface area (Å²) in [6.07, 6.45) is 3.95. The minimum atomic E-state index is -0.203. The molecule has 0 bridgehead atoms. The number of nitrogens with zero attached hydrogens (tertiary/aromatic N) is 4. The molecule has 3 heterocycles. The third kappa shape index (κ3) is 4.22.